The number of hydrogen-bond acceptors (Lipinski definition) is 5. The van der Waals surface area contributed by atoms with Crippen LogP contribution in [0.3, 0.4) is 0 Å². The Labute approximate surface area is 148 Å². The molecule has 0 aromatic heterocycles. The van der Waals surface area contributed by atoms with Crippen molar-refractivity contribution < 1.29 is 22.7 Å². The van der Waals surface area contributed by atoms with Crippen LogP contribution in [0.25, 0.3) is 0 Å². The molecule has 0 bridgehead atoms. The number of carbonyl (C=O) groups is 2. The van der Waals surface area contributed by atoms with Gasteiger partial charge < -0.3 is 10.1 Å². The van der Waals surface area contributed by atoms with E-state index in [1.54, 1.807) is 0 Å². The number of ether oxygens (including phenoxy) is 1. The van der Waals surface area contributed by atoms with Crippen LogP contribution in [-0.2, 0) is 24.2 Å². The highest BCUT2D eigenvalue weighted by Gasteiger charge is 2.29. The fraction of sp³-hybridized carbons (Fsp3) is 0.556. The molecule has 1 heterocycles. The van der Waals surface area contributed by atoms with E-state index >= 15 is 0 Å². The number of sulfone groups is 1. The van der Waals surface area contributed by atoms with E-state index in [1.807, 2.05) is 24.3 Å². The van der Waals surface area contributed by atoms with Crippen LogP contribution in [-0.4, -0.2) is 38.4 Å². The first-order valence-corrected chi connectivity index (χ1v) is 10.4. The lowest BCUT2D eigenvalue weighted by atomic mass is 9.99. The Morgan fingerprint density at radius 3 is 2.52 bits per heavy atom. The van der Waals surface area contributed by atoms with E-state index in [2.05, 4.69) is 19.2 Å². The van der Waals surface area contributed by atoms with Crippen molar-refractivity contribution in [3.8, 4) is 0 Å². The number of amides is 1. The summed E-state index contributed by atoms with van der Waals surface area (Å²) in [4.78, 5) is 23.6. The molecular formula is C18H25NO5S. The molecule has 1 fully saturated rings. The quantitative estimate of drug-likeness (QED) is 0.748. The molecule has 1 aromatic rings. The molecule has 1 aliphatic heterocycles. The highest BCUT2D eigenvalue weighted by Crippen LogP contribution is 2.22. The largest absolute Gasteiger partial charge is 0.456 e. The normalized spacial score (nSPS) is 20.0. The number of hydrogen-bond donors (Lipinski definition) is 1. The number of rotatable bonds is 7. The molecule has 2 atom stereocenters. The number of esters is 1. The maximum Gasteiger partial charge on any atom is 0.306 e. The summed E-state index contributed by atoms with van der Waals surface area (Å²) in [6, 6.07) is 7.59. The zero-order valence-corrected chi connectivity index (χ0v) is 15.5. The number of nitrogens with one attached hydrogen (secondary N) is 1. The highest BCUT2D eigenvalue weighted by molar-refractivity contribution is 7.91. The van der Waals surface area contributed by atoms with Crippen molar-refractivity contribution in [1.29, 1.82) is 0 Å². The fourth-order valence-electron chi connectivity index (χ4n) is 2.80. The van der Waals surface area contributed by atoms with Gasteiger partial charge in [0.2, 0.25) is 0 Å². The van der Waals surface area contributed by atoms with E-state index in [9.17, 15) is 18.0 Å². The van der Waals surface area contributed by atoms with Crippen LogP contribution >= 0.6 is 0 Å². The second-order valence-electron chi connectivity index (χ2n) is 6.61. The summed E-state index contributed by atoms with van der Waals surface area (Å²) in [6.07, 6.45) is 1.56. The van der Waals surface area contributed by atoms with Gasteiger partial charge in [0, 0.05) is 12.1 Å². The van der Waals surface area contributed by atoms with Crippen LogP contribution in [0, 0.1) is 5.92 Å². The average Bonchev–Trinajstić information content (AvgIpc) is 2.91. The van der Waals surface area contributed by atoms with Gasteiger partial charge in [0.15, 0.2) is 16.4 Å². The molecule has 0 spiro atoms. The highest BCUT2D eigenvalue weighted by atomic mass is 32.2. The van der Waals surface area contributed by atoms with Crippen molar-refractivity contribution in [2.75, 3.05) is 23.4 Å². The Kier molecular flexibility index (Phi) is 6.58. The van der Waals surface area contributed by atoms with Gasteiger partial charge in [0.1, 0.15) is 0 Å². The zero-order valence-electron chi connectivity index (χ0n) is 14.7. The smallest absolute Gasteiger partial charge is 0.306 e. The van der Waals surface area contributed by atoms with Gasteiger partial charge in [-0.25, -0.2) is 8.42 Å². The predicted octanol–water partition coefficient (Wildman–Crippen LogP) is 2.51. The first kappa shape index (κ1) is 19.4. The minimum Gasteiger partial charge on any atom is -0.456 e. The summed E-state index contributed by atoms with van der Waals surface area (Å²) in [5, 5.41) is 2.68. The number of carbonyl (C=O) groups excluding carboxylic acids is 2. The summed E-state index contributed by atoms with van der Waals surface area (Å²) in [5.74, 6) is -0.540. The van der Waals surface area contributed by atoms with E-state index in [0.29, 0.717) is 18.0 Å². The standard InChI is InChI=1S/C18H25NO5S/c1-3-13(2)15-4-6-16(7-5-15)19-17(20)11-24-18(21)10-14-8-9-25(22,23)12-14/h4-7,13-14H,3,8-12H2,1-2H3,(H,19,20)/t13-,14+/m0/s1. The van der Waals surface area contributed by atoms with Crippen molar-refractivity contribution in [2.45, 2.75) is 39.0 Å². The van der Waals surface area contributed by atoms with Crippen molar-refractivity contribution in [1.82, 2.24) is 0 Å². The molecule has 138 valence electrons. The van der Waals surface area contributed by atoms with Crippen LogP contribution in [0.1, 0.15) is 44.6 Å². The minimum atomic E-state index is -3.01. The Morgan fingerprint density at radius 1 is 1.28 bits per heavy atom. The van der Waals surface area contributed by atoms with Gasteiger partial charge in [-0.1, -0.05) is 26.0 Å². The average molecular weight is 367 g/mol. The molecule has 0 unspecified atom stereocenters. The molecule has 6 nitrogen and oxygen atoms in total. The van der Waals surface area contributed by atoms with Gasteiger partial charge in [0.05, 0.1) is 11.5 Å². The van der Waals surface area contributed by atoms with Crippen molar-refractivity contribution in [3.05, 3.63) is 29.8 Å². The Hall–Kier alpha value is -1.89. The van der Waals surface area contributed by atoms with Crippen LogP contribution < -0.4 is 5.32 Å². The summed E-state index contributed by atoms with van der Waals surface area (Å²) in [7, 11) is -3.01. The Bertz CT molecular complexity index is 711. The molecule has 0 radical (unpaired) electrons. The zero-order chi connectivity index (χ0) is 18.4. The molecule has 2 rings (SSSR count). The number of benzene rings is 1. The Balaban J connectivity index is 1.74. The SMILES string of the molecule is CC[C@H](C)c1ccc(NC(=O)COC(=O)C[C@H]2CCS(=O)(=O)C2)cc1. The second kappa shape index (κ2) is 8.47. The molecular weight excluding hydrogens is 342 g/mol. The van der Waals surface area contributed by atoms with Gasteiger partial charge in [-0.2, -0.15) is 0 Å². The van der Waals surface area contributed by atoms with Gasteiger partial charge >= 0.3 is 5.97 Å². The minimum absolute atomic E-state index is 0.0246. The van der Waals surface area contributed by atoms with Crippen LogP contribution in [0.4, 0.5) is 5.69 Å². The first-order valence-electron chi connectivity index (χ1n) is 8.55. The molecule has 25 heavy (non-hydrogen) atoms. The van der Waals surface area contributed by atoms with Crippen LogP contribution in [0.5, 0.6) is 0 Å². The molecule has 1 N–H and O–H groups in total. The maximum absolute atomic E-state index is 11.8. The fourth-order valence-corrected chi connectivity index (χ4v) is 4.66. The van der Waals surface area contributed by atoms with E-state index in [1.165, 1.54) is 5.56 Å². The predicted molar refractivity (Wildman–Crippen MR) is 96.1 cm³/mol. The van der Waals surface area contributed by atoms with E-state index < -0.39 is 21.7 Å². The van der Waals surface area contributed by atoms with Gasteiger partial charge in [-0.3, -0.25) is 9.59 Å². The van der Waals surface area contributed by atoms with Gasteiger partial charge in [-0.15, -0.1) is 0 Å². The lowest BCUT2D eigenvalue weighted by molar-refractivity contribution is -0.148. The molecule has 0 saturated carbocycles. The van der Waals surface area contributed by atoms with Gasteiger partial charge in [-0.05, 0) is 42.4 Å². The topological polar surface area (TPSA) is 89.5 Å². The summed E-state index contributed by atoms with van der Waals surface area (Å²) in [5.41, 5.74) is 1.86. The second-order valence-corrected chi connectivity index (χ2v) is 8.84. The summed E-state index contributed by atoms with van der Waals surface area (Å²) < 4.78 is 27.7. The third-order valence-electron chi connectivity index (χ3n) is 4.52. The van der Waals surface area contributed by atoms with Gasteiger partial charge in [0.25, 0.3) is 5.91 Å². The third-order valence-corrected chi connectivity index (χ3v) is 6.36. The van der Waals surface area contributed by atoms with Crippen molar-refractivity contribution in [3.63, 3.8) is 0 Å². The molecule has 1 saturated heterocycles. The molecule has 7 heteroatoms. The molecule has 0 aliphatic carbocycles. The lowest BCUT2D eigenvalue weighted by Crippen LogP contribution is -2.22. The third kappa shape index (κ3) is 6.16. The monoisotopic (exact) mass is 367 g/mol. The van der Waals surface area contributed by atoms with Crippen LogP contribution in [0.2, 0.25) is 0 Å². The van der Waals surface area contributed by atoms with E-state index in [-0.39, 0.29) is 30.5 Å². The lowest BCUT2D eigenvalue weighted by Gasteiger charge is -2.11. The van der Waals surface area contributed by atoms with Crippen molar-refractivity contribution >= 4 is 27.4 Å². The number of anilines is 1. The Morgan fingerprint density at radius 2 is 1.96 bits per heavy atom. The summed E-state index contributed by atoms with van der Waals surface area (Å²) >= 11 is 0. The van der Waals surface area contributed by atoms with E-state index in [0.717, 1.165) is 6.42 Å². The molecule has 1 aliphatic rings. The first-order chi connectivity index (χ1) is 11.8. The van der Waals surface area contributed by atoms with Crippen LogP contribution in [0.15, 0.2) is 24.3 Å². The van der Waals surface area contributed by atoms with E-state index in [4.69, 9.17) is 4.74 Å². The van der Waals surface area contributed by atoms with Crippen molar-refractivity contribution in [2.24, 2.45) is 5.92 Å². The molecule has 1 aromatic carbocycles. The maximum atomic E-state index is 11.8. The molecule has 1 amide bonds. The summed E-state index contributed by atoms with van der Waals surface area (Å²) in [6.45, 7) is 3.89.